The number of halogens is 1. The molecule has 1 aliphatic heterocycles. The van der Waals surface area contributed by atoms with Crippen molar-refractivity contribution in [1.29, 1.82) is 0 Å². The third kappa shape index (κ3) is 5.31. The van der Waals surface area contributed by atoms with Gasteiger partial charge in [-0.1, -0.05) is 6.92 Å². The van der Waals surface area contributed by atoms with E-state index < -0.39 is 5.67 Å². The molecule has 0 saturated carbocycles. The Hall–Kier alpha value is -0.680. The van der Waals surface area contributed by atoms with Crippen molar-refractivity contribution in [2.24, 2.45) is 11.7 Å². The quantitative estimate of drug-likeness (QED) is 0.719. The van der Waals surface area contributed by atoms with Crippen molar-refractivity contribution in [1.82, 2.24) is 4.90 Å². The number of nitrogens with zero attached hydrogens (tertiary/aromatic N) is 1. The molecule has 18 heavy (non-hydrogen) atoms. The highest BCUT2D eigenvalue weighted by Crippen LogP contribution is 2.26. The normalized spacial score (nSPS) is 21.7. The number of carbonyl (C=O) groups is 1. The molecule has 106 valence electrons. The maximum absolute atomic E-state index is 13.8. The minimum atomic E-state index is -1.37. The molecule has 0 aromatic carbocycles. The summed E-state index contributed by atoms with van der Waals surface area (Å²) in [7, 11) is 0. The van der Waals surface area contributed by atoms with E-state index in [4.69, 9.17) is 10.8 Å². The molecule has 1 aliphatic rings. The van der Waals surface area contributed by atoms with Crippen LogP contribution in [0.25, 0.3) is 0 Å². The second kappa shape index (κ2) is 7.04. The number of aliphatic hydroxyl groups is 1. The van der Waals surface area contributed by atoms with E-state index in [1.807, 2.05) is 0 Å². The monoisotopic (exact) mass is 260 g/mol. The topological polar surface area (TPSA) is 66.6 Å². The zero-order chi connectivity index (χ0) is 13.6. The highest BCUT2D eigenvalue weighted by Gasteiger charge is 2.33. The van der Waals surface area contributed by atoms with Crippen LogP contribution in [0.5, 0.6) is 0 Å². The van der Waals surface area contributed by atoms with Gasteiger partial charge in [-0.2, -0.15) is 0 Å². The highest BCUT2D eigenvalue weighted by molar-refractivity contribution is 5.73. The summed E-state index contributed by atoms with van der Waals surface area (Å²) in [6, 6.07) is 0. The number of hydrogen-bond donors (Lipinski definition) is 2. The molecule has 3 N–H and O–H groups in total. The molecule has 0 unspecified atom stereocenters. The molecule has 1 rings (SSSR count). The van der Waals surface area contributed by atoms with Crippen molar-refractivity contribution in [2.45, 2.75) is 44.7 Å². The molecular formula is C13H25FN2O2. The van der Waals surface area contributed by atoms with Crippen molar-refractivity contribution in [2.75, 3.05) is 26.2 Å². The van der Waals surface area contributed by atoms with Gasteiger partial charge in [0.1, 0.15) is 5.67 Å². The fourth-order valence-corrected chi connectivity index (χ4v) is 2.27. The Morgan fingerprint density at radius 3 is 2.56 bits per heavy atom. The average molecular weight is 260 g/mol. The Morgan fingerprint density at radius 1 is 1.44 bits per heavy atom. The van der Waals surface area contributed by atoms with Crippen LogP contribution in [0.15, 0.2) is 0 Å². The van der Waals surface area contributed by atoms with Crippen molar-refractivity contribution < 1.29 is 14.3 Å². The van der Waals surface area contributed by atoms with Crippen LogP contribution in [-0.2, 0) is 4.79 Å². The van der Waals surface area contributed by atoms with E-state index in [9.17, 15) is 9.18 Å². The van der Waals surface area contributed by atoms with Gasteiger partial charge in [0.2, 0.25) is 5.91 Å². The summed E-state index contributed by atoms with van der Waals surface area (Å²) in [5.41, 5.74) is 3.74. The Labute approximate surface area is 108 Å². The summed E-state index contributed by atoms with van der Waals surface area (Å²) in [6.07, 6.45) is 3.11. The van der Waals surface area contributed by atoms with Gasteiger partial charge in [-0.05, 0) is 38.1 Å². The summed E-state index contributed by atoms with van der Waals surface area (Å²) in [6.45, 7) is 4.09. The fraction of sp³-hybridized carbons (Fsp3) is 0.923. The van der Waals surface area contributed by atoms with E-state index in [1.54, 1.807) is 0 Å². The molecule has 0 spiro atoms. The van der Waals surface area contributed by atoms with Crippen LogP contribution in [0, 0.1) is 5.92 Å². The molecule has 0 aromatic rings. The van der Waals surface area contributed by atoms with Crippen LogP contribution >= 0.6 is 0 Å². The van der Waals surface area contributed by atoms with Crippen LogP contribution in [0.3, 0.4) is 0 Å². The smallest absolute Gasteiger partial charge is 0.217 e. The van der Waals surface area contributed by atoms with E-state index in [2.05, 4.69) is 11.8 Å². The number of aliphatic hydroxyl groups excluding tert-OH is 1. The third-order valence-corrected chi connectivity index (χ3v) is 3.86. The molecule has 5 heteroatoms. The summed E-state index contributed by atoms with van der Waals surface area (Å²) in [5.74, 6) is 0.220. The highest BCUT2D eigenvalue weighted by atomic mass is 19.1. The number of rotatable bonds is 7. The first-order chi connectivity index (χ1) is 8.45. The van der Waals surface area contributed by atoms with E-state index in [1.165, 1.54) is 0 Å². The number of nitrogens with two attached hydrogens (primary N) is 1. The van der Waals surface area contributed by atoms with E-state index in [0.29, 0.717) is 38.3 Å². The van der Waals surface area contributed by atoms with Crippen molar-refractivity contribution in [3.63, 3.8) is 0 Å². The lowest BCUT2D eigenvalue weighted by atomic mass is 9.93. The van der Waals surface area contributed by atoms with E-state index in [0.717, 1.165) is 19.4 Å². The lowest BCUT2D eigenvalue weighted by Gasteiger charge is -2.35. The minimum Gasteiger partial charge on any atom is -0.393 e. The fourth-order valence-electron chi connectivity index (χ4n) is 2.27. The average Bonchev–Trinajstić information content (AvgIpc) is 2.36. The first-order valence-corrected chi connectivity index (χ1v) is 6.75. The van der Waals surface area contributed by atoms with E-state index >= 15 is 0 Å². The van der Waals surface area contributed by atoms with Gasteiger partial charge in [-0.3, -0.25) is 4.79 Å². The zero-order valence-corrected chi connectivity index (χ0v) is 11.2. The van der Waals surface area contributed by atoms with Crippen LogP contribution in [0.4, 0.5) is 4.39 Å². The van der Waals surface area contributed by atoms with E-state index in [-0.39, 0.29) is 12.5 Å². The second-order valence-corrected chi connectivity index (χ2v) is 5.55. The minimum absolute atomic E-state index is 0.245. The number of piperidine rings is 1. The van der Waals surface area contributed by atoms with Crippen LogP contribution in [0.1, 0.15) is 39.0 Å². The number of likely N-dealkylation sites (tertiary alicyclic amines) is 1. The summed E-state index contributed by atoms with van der Waals surface area (Å²) >= 11 is 0. The standard InChI is InChI=1S/C13H25FN2O2/c1-11(2-3-12(15)18)4-7-16-8-5-13(14,10-17)6-9-16/h11,17H,2-10H2,1H3,(H2,15,18)/t11-/m0/s1. The Bertz CT molecular complexity index is 266. The molecule has 0 bridgehead atoms. The molecule has 1 saturated heterocycles. The molecule has 0 aliphatic carbocycles. The number of carbonyl (C=O) groups excluding carboxylic acids is 1. The van der Waals surface area contributed by atoms with Gasteiger partial charge in [-0.25, -0.2) is 4.39 Å². The first kappa shape index (κ1) is 15.4. The third-order valence-electron chi connectivity index (χ3n) is 3.86. The van der Waals surface area contributed by atoms with Gasteiger partial charge in [0, 0.05) is 19.5 Å². The first-order valence-electron chi connectivity index (χ1n) is 6.75. The molecule has 1 atom stereocenters. The maximum atomic E-state index is 13.8. The van der Waals surface area contributed by atoms with Gasteiger partial charge in [0.25, 0.3) is 0 Å². The van der Waals surface area contributed by atoms with Crippen LogP contribution in [-0.4, -0.2) is 47.8 Å². The molecule has 1 amide bonds. The molecule has 1 heterocycles. The number of amides is 1. The Morgan fingerprint density at radius 2 is 2.06 bits per heavy atom. The maximum Gasteiger partial charge on any atom is 0.217 e. The van der Waals surface area contributed by atoms with Gasteiger partial charge < -0.3 is 15.7 Å². The lowest BCUT2D eigenvalue weighted by molar-refractivity contribution is -0.118. The second-order valence-electron chi connectivity index (χ2n) is 5.55. The molecule has 0 aromatic heterocycles. The number of primary amides is 1. The Balaban J connectivity index is 2.15. The summed E-state index contributed by atoms with van der Waals surface area (Å²) in [5, 5.41) is 8.94. The zero-order valence-electron chi connectivity index (χ0n) is 11.2. The van der Waals surface area contributed by atoms with Crippen molar-refractivity contribution in [3.05, 3.63) is 0 Å². The molecular weight excluding hydrogens is 235 g/mol. The van der Waals surface area contributed by atoms with Gasteiger partial charge in [0.05, 0.1) is 6.61 Å². The SMILES string of the molecule is C[C@@H](CCC(N)=O)CCN1CCC(F)(CO)CC1. The molecule has 1 fully saturated rings. The lowest BCUT2D eigenvalue weighted by Crippen LogP contribution is -2.44. The van der Waals surface area contributed by atoms with Crippen LogP contribution < -0.4 is 5.73 Å². The van der Waals surface area contributed by atoms with Gasteiger partial charge >= 0.3 is 0 Å². The summed E-state index contributed by atoms with van der Waals surface area (Å²) < 4.78 is 13.8. The largest absolute Gasteiger partial charge is 0.393 e. The summed E-state index contributed by atoms with van der Waals surface area (Å²) in [4.78, 5) is 12.9. The van der Waals surface area contributed by atoms with Crippen molar-refractivity contribution in [3.8, 4) is 0 Å². The van der Waals surface area contributed by atoms with Crippen LogP contribution in [0.2, 0.25) is 0 Å². The molecule has 0 radical (unpaired) electrons. The molecule has 4 nitrogen and oxygen atoms in total. The number of alkyl halides is 1. The number of hydrogen-bond acceptors (Lipinski definition) is 3. The van der Waals surface area contributed by atoms with Crippen molar-refractivity contribution >= 4 is 5.91 Å². The van der Waals surface area contributed by atoms with Gasteiger partial charge in [0.15, 0.2) is 0 Å². The predicted molar refractivity (Wildman–Crippen MR) is 68.8 cm³/mol. The Kier molecular flexibility index (Phi) is 6.02. The van der Waals surface area contributed by atoms with Gasteiger partial charge in [-0.15, -0.1) is 0 Å². The predicted octanol–water partition coefficient (Wildman–Crippen LogP) is 1.07.